The van der Waals surface area contributed by atoms with Gasteiger partial charge >= 0.3 is 5.97 Å². The number of para-hydroxylation sites is 1. The van der Waals surface area contributed by atoms with E-state index in [1.165, 1.54) is 39.2 Å². The smallest absolute Gasteiger partial charge is 0.341 e. The van der Waals surface area contributed by atoms with E-state index >= 15 is 0 Å². The summed E-state index contributed by atoms with van der Waals surface area (Å²) in [6.07, 6.45) is 1.91. The molecule has 5 rings (SSSR count). The van der Waals surface area contributed by atoms with Gasteiger partial charge in [-0.05, 0) is 85.6 Å². The van der Waals surface area contributed by atoms with Gasteiger partial charge in [-0.2, -0.15) is 0 Å². The van der Waals surface area contributed by atoms with Crippen molar-refractivity contribution in [1.82, 2.24) is 5.32 Å². The summed E-state index contributed by atoms with van der Waals surface area (Å²) in [6, 6.07) is 29.4. The summed E-state index contributed by atoms with van der Waals surface area (Å²) in [4.78, 5) is 67.7. The Labute approximate surface area is 332 Å². The second-order valence-electron chi connectivity index (χ2n) is 12.0. The first-order valence-electron chi connectivity index (χ1n) is 17.3. The highest BCUT2D eigenvalue weighted by molar-refractivity contribution is 8.00. The van der Waals surface area contributed by atoms with Gasteiger partial charge in [-0.3, -0.25) is 19.2 Å². The number of thioether (sulfide) groups is 1. The predicted octanol–water partition coefficient (Wildman–Crippen LogP) is 8.03. The molecule has 5 aromatic rings. The van der Waals surface area contributed by atoms with Gasteiger partial charge in [0.1, 0.15) is 22.2 Å². The van der Waals surface area contributed by atoms with Gasteiger partial charge in [-0.1, -0.05) is 49.4 Å². The topological polar surface area (TPSA) is 161 Å². The molecule has 0 bridgehead atoms. The van der Waals surface area contributed by atoms with Gasteiger partial charge in [0.25, 0.3) is 17.7 Å². The number of anilines is 3. The van der Waals surface area contributed by atoms with Gasteiger partial charge in [0.2, 0.25) is 5.91 Å². The minimum Gasteiger partial charge on any atom is -0.497 e. The van der Waals surface area contributed by atoms with Gasteiger partial charge in [0.15, 0.2) is 0 Å². The number of carbonyl (C=O) groups excluding carboxylic acids is 5. The minimum atomic E-state index is -0.685. The molecule has 4 aromatic carbocycles. The van der Waals surface area contributed by atoms with E-state index in [2.05, 4.69) is 21.3 Å². The van der Waals surface area contributed by atoms with Crippen LogP contribution in [0, 0.1) is 6.92 Å². The number of carbonyl (C=O) groups is 5. The van der Waals surface area contributed by atoms with E-state index < -0.39 is 34.8 Å². The van der Waals surface area contributed by atoms with Gasteiger partial charge in [-0.25, -0.2) is 4.79 Å². The molecule has 4 amide bonds. The SMILES string of the molecule is CCC(Sc1cccc(NC(=O)/C(=C\c2cc(OC)ccc2OC)NC(=O)c2ccccc2)c1)C(=O)Nc1sc(C(=O)Nc2ccccc2)c(C)c1C(=O)OC. The second kappa shape index (κ2) is 19.3. The van der Waals surface area contributed by atoms with Crippen LogP contribution in [0.1, 0.15) is 54.9 Å². The van der Waals surface area contributed by atoms with Crippen molar-refractivity contribution in [3.05, 3.63) is 136 Å². The molecular formula is C42H40N4O8S2. The Balaban J connectivity index is 1.35. The predicted molar refractivity (Wildman–Crippen MR) is 220 cm³/mol. The summed E-state index contributed by atoms with van der Waals surface area (Å²) in [6.45, 7) is 3.48. The fraction of sp³-hybridized carbons (Fsp3) is 0.167. The zero-order valence-electron chi connectivity index (χ0n) is 31.3. The standard InChI is InChI=1S/C42H40N4O8S2/c1-6-34(39(49)46-41-35(42(51)54-5)25(2)36(56-41)40(50)43-28-16-11-8-12-17-28)55-31-19-13-18-29(24-31)44-38(48)32(45-37(47)26-14-9-7-10-15-26)23-27-22-30(52-3)20-21-33(27)53-4/h7-24,34H,6H2,1-5H3,(H,43,50)(H,44,48)(H,45,47)(H,46,49)/b32-23+. The number of thiophene rings is 1. The molecule has 0 saturated carbocycles. The summed E-state index contributed by atoms with van der Waals surface area (Å²) in [5.74, 6) is -1.63. The lowest BCUT2D eigenvalue weighted by Crippen LogP contribution is -2.30. The fourth-order valence-electron chi connectivity index (χ4n) is 5.45. The third kappa shape index (κ3) is 10.2. The van der Waals surface area contributed by atoms with Crippen molar-refractivity contribution in [1.29, 1.82) is 0 Å². The van der Waals surface area contributed by atoms with Crippen molar-refractivity contribution in [2.75, 3.05) is 37.3 Å². The molecule has 14 heteroatoms. The molecule has 0 radical (unpaired) electrons. The quantitative estimate of drug-likeness (QED) is 0.0467. The van der Waals surface area contributed by atoms with Crippen molar-refractivity contribution < 1.29 is 38.2 Å². The lowest BCUT2D eigenvalue weighted by molar-refractivity contribution is -0.116. The van der Waals surface area contributed by atoms with Crippen molar-refractivity contribution in [2.45, 2.75) is 30.4 Å². The molecule has 1 heterocycles. The van der Waals surface area contributed by atoms with Crippen LogP contribution in [0.4, 0.5) is 16.4 Å². The number of hydrogen-bond donors (Lipinski definition) is 4. The maximum atomic E-state index is 13.8. The number of methoxy groups -OCH3 is 3. The normalized spacial score (nSPS) is 11.5. The van der Waals surface area contributed by atoms with E-state index in [1.54, 1.807) is 104 Å². The summed E-state index contributed by atoms with van der Waals surface area (Å²) < 4.78 is 15.9. The molecule has 1 aromatic heterocycles. The zero-order chi connectivity index (χ0) is 40.2. The Morgan fingerprint density at radius 1 is 0.768 bits per heavy atom. The summed E-state index contributed by atoms with van der Waals surface area (Å²) in [5, 5.41) is 10.8. The minimum absolute atomic E-state index is 0.0567. The first kappa shape index (κ1) is 40.8. The highest BCUT2D eigenvalue weighted by Crippen LogP contribution is 2.36. The Bertz CT molecular complexity index is 2260. The van der Waals surface area contributed by atoms with Crippen LogP contribution in [0.5, 0.6) is 11.5 Å². The lowest BCUT2D eigenvalue weighted by Gasteiger charge is -2.16. The maximum Gasteiger partial charge on any atom is 0.341 e. The van der Waals surface area contributed by atoms with E-state index in [0.29, 0.717) is 50.9 Å². The molecule has 0 aliphatic rings. The van der Waals surface area contributed by atoms with Crippen LogP contribution in [-0.4, -0.2) is 56.2 Å². The number of ether oxygens (including phenoxy) is 3. The van der Waals surface area contributed by atoms with Gasteiger partial charge in [0, 0.05) is 27.4 Å². The summed E-state index contributed by atoms with van der Waals surface area (Å²) >= 11 is 2.24. The Kier molecular flexibility index (Phi) is 14.0. The average Bonchev–Trinajstić information content (AvgIpc) is 3.54. The van der Waals surface area contributed by atoms with E-state index in [0.717, 1.165) is 11.3 Å². The molecule has 288 valence electrons. The van der Waals surface area contributed by atoms with Gasteiger partial charge in [-0.15, -0.1) is 23.1 Å². The molecule has 0 aliphatic heterocycles. The summed E-state index contributed by atoms with van der Waals surface area (Å²) in [5.41, 5.74) is 2.26. The number of amides is 4. The average molecular weight is 793 g/mol. The largest absolute Gasteiger partial charge is 0.497 e. The van der Waals surface area contributed by atoms with Crippen LogP contribution >= 0.6 is 23.1 Å². The molecular weight excluding hydrogens is 753 g/mol. The molecule has 0 spiro atoms. The van der Waals surface area contributed by atoms with E-state index in [-0.39, 0.29) is 21.1 Å². The number of rotatable bonds is 15. The van der Waals surface area contributed by atoms with Gasteiger partial charge < -0.3 is 35.5 Å². The highest BCUT2D eigenvalue weighted by atomic mass is 32.2. The van der Waals surface area contributed by atoms with Crippen LogP contribution in [0.2, 0.25) is 0 Å². The molecule has 1 atom stereocenters. The molecule has 1 unspecified atom stereocenters. The van der Waals surface area contributed by atoms with Crippen molar-refractivity contribution in [2.24, 2.45) is 0 Å². The Morgan fingerprint density at radius 3 is 2.12 bits per heavy atom. The number of esters is 1. The van der Waals surface area contributed by atoms with E-state index in [9.17, 15) is 24.0 Å². The molecule has 12 nitrogen and oxygen atoms in total. The van der Waals surface area contributed by atoms with Crippen molar-refractivity contribution >= 4 is 75.1 Å². The van der Waals surface area contributed by atoms with Gasteiger partial charge in [0.05, 0.1) is 37.0 Å². The van der Waals surface area contributed by atoms with Crippen molar-refractivity contribution in [3.63, 3.8) is 0 Å². The van der Waals surface area contributed by atoms with Crippen LogP contribution in [0.3, 0.4) is 0 Å². The molecule has 4 N–H and O–H groups in total. The molecule has 56 heavy (non-hydrogen) atoms. The number of benzene rings is 4. The van der Waals surface area contributed by atoms with Crippen LogP contribution < -0.4 is 30.7 Å². The number of hydrogen-bond acceptors (Lipinski definition) is 10. The monoisotopic (exact) mass is 792 g/mol. The first-order valence-corrected chi connectivity index (χ1v) is 19.0. The van der Waals surface area contributed by atoms with Crippen LogP contribution in [0.25, 0.3) is 6.08 Å². The number of nitrogens with one attached hydrogen (secondary N) is 4. The third-order valence-corrected chi connectivity index (χ3v) is 10.9. The first-order chi connectivity index (χ1) is 27.0. The van der Waals surface area contributed by atoms with Crippen molar-refractivity contribution in [3.8, 4) is 11.5 Å². The maximum absolute atomic E-state index is 13.8. The van der Waals surface area contributed by atoms with Crippen LogP contribution in [0.15, 0.2) is 114 Å². The molecule has 0 aliphatic carbocycles. The van der Waals surface area contributed by atoms with E-state index in [4.69, 9.17) is 14.2 Å². The summed E-state index contributed by atoms with van der Waals surface area (Å²) in [7, 11) is 4.25. The van der Waals surface area contributed by atoms with E-state index in [1.807, 2.05) is 13.0 Å². The molecule has 0 saturated heterocycles. The molecule has 0 fully saturated rings. The Hall–Kier alpha value is -6.38. The Morgan fingerprint density at radius 2 is 1.46 bits per heavy atom. The highest BCUT2D eigenvalue weighted by Gasteiger charge is 2.28. The third-order valence-electron chi connectivity index (χ3n) is 8.31. The van der Waals surface area contributed by atoms with Crippen LogP contribution in [-0.2, 0) is 14.3 Å². The second-order valence-corrected chi connectivity index (χ2v) is 14.3. The lowest BCUT2D eigenvalue weighted by atomic mass is 10.1. The zero-order valence-corrected chi connectivity index (χ0v) is 32.9. The fourth-order valence-corrected chi connectivity index (χ4v) is 7.56.